The zero-order chi connectivity index (χ0) is 19.4. The molecule has 5 heteroatoms. The van der Waals surface area contributed by atoms with Gasteiger partial charge in [-0.1, -0.05) is 36.7 Å². The molecule has 2 aromatic carbocycles. The van der Waals surface area contributed by atoms with E-state index in [1.165, 1.54) is 0 Å². The quantitative estimate of drug-likeness (QED) is 0.822. The van der Waals surface area contributed by atoms with Crippen molar-refractivity contribution in [3.05, 3.63) is 58.6 Å². The van der Waals surface area contributed by atoms with Crippen molar-refractivity contribution in [2.24, 2.45) is 11.8 Å². The van der Waals surface area contributed by atoms with Crippen LogP contribution in [0.4, 0.5) is 0 Å². The fourth-order valence-electron chi connectivity index (χ4n) is 5.36. The number of benzene rings is 2. The Balaban J connectivity index is 1.51. The molecule has 2 aromatic rings. The lowest BCUT2D eigenvalue weighted by molar-refractivity contribution is -0.124. The van der Waals surface area contributed by atoms with Gasteiger partial charge in [0.15, 0.2) is 0 Å². The molecule has 2 aliphatic heterocycles. The molecule has 1 aliphatic carbocycles. The molecule has 1 saturated carbocycles. The Bertz CT molecular complexity index is 927. The van der Waals surface area contributed by atoms with Crippen LogP contribution in [0, 0.1) is 11.8 Å². The van der Waals surface area contributed by atoms with E-state index in [1.807, 2.05) is 36.4 Å². The normalized spacial score (nSPS) is 33.3. The number of ether oxygens (including phenoxy) is 2. The number of halogens is 1. The van der Waals surface area contributed by atoms with Gasteiger partial charge >= 0.3 is 0 Å². The highest BCUT2D eigenvalue weighted by molar-refractivity contribution is 6.32. The summed E-state index contributed by atoms with van der Waals surface area (Å²) in [6.07, 6.45) is 1.96. The van der Waals surface area contributed by atoms with Crippen molar-refractivity contribution < 1.29 is 19.4 Å². The minimum absolute atomic E-state index is 0.0187. The van der Waals surface area contributed by atoms with Gasteiger partial charge in [0.2, 0.25) is 0 Å². The third-order valence-electron chi connectivity index (χ3n) is 6.60. The molecule has 5 rings (SSSR count). The van der Waals surface area contributed by atoms with Crippen molar-refractivity contribution >= 4 is 17.4 Å². The van der Waals surface area contributed by atoms with Gasteiger partial charge in [0.05, 0.1) is 35.2 Å². The third-order valence-corrected chi connectivity index (χ3v) is 6.91. The summed E-state index contributed by atoms with van der Waals surface area (Å²) in [4.78, 5) is 13.3. The summed E-state index contributed by atoms with van der Waals surface area (Å²) < 4.78 is 11.9. The number of aliphatic hydroxyl groups excluding tert-OH is 1. The van der Waals surface area contributed by atoms with Gasteiger partial charge in [-0.15, -0.1) is 0 Å². The Labute approximate surface area is 169 Å². The van der Waals surface area contributed by atoms with Crippen LogP contribution in [0.3, 0.4) is 0 Å². The summed E-state index contributed by atoms with van der Waals surface area (Å²) in [6, 6.07) is 13.1. The second-order valence-electron chi connectivity index (χ2n) is 8.01. The van der Waals surface area contributed by atoms with Crippen molar-refractivity contribution in [1.82, 2.24) is 0 Å². The number of aryl methyl sites for hydroxylation is 1. The molecule has 146 valence electrons. The van der Waals surface area contributed by atoms with Crippen LogP contribution in [-0.2, 0) is 16.0 Å². The van der Waals surface area contributed by atoms with Crippen molar-refractivity contribution in [2.45, 2.75) is 50.4 Å². The number of hydrogen-bond acceptors (Lipinski definition) is 4. The first-order valence-corrected chi connectivity index (χ1v) is 10.4. The molecule has 0 radical (unpaired) electrons. The van der Waals surface area contributed by atoms with E-state index >= 15 is 0 Å². The van der Waals surface area contributed by atoms with E-state index in [0.717, 1.165) is 30.4 Å². The Morgan fingerprint density at radius 1 is 1.18 bits per heavy atom. The van der Waals surface area contributed by atoms with E-state index in [4.69, 9.17) is 21.1 Å². The number of carbonyl (C=O) groups excluding carboxylic acids is 1. The Morgan fingerprint density at radius 3 is 2.71 bits per heavy atom. The summed E-state index contributed by atoms with van der Waals surface area (Å²) in [5.41, 5.74) is 1.94. The molecule has 0 spiro atoms. The molecular weight excluding hydrogens is 376 g/mol. The largest absolute Gasteiger partial charge is 0.456 e. The third kappa shape index (κ3) is 2.70. The van der Waals surface area contributed by atoms with Crippen molar-refractivity contribution in [3.63, 3.8) is 0 Å². The van der Waals surface area contributed by atoms with Crippen molar-refractivity contribution in [2.75, 3.05) is 0 Å². The molecule has 3 aliphatic rings. The summed E-state index contributed by atoms with van der Waals surface area (Å²) in [7, 11) is 0. The Kier molecular flexibility index (Phi) is 4.46. The molecule has 3 fully saturated rings. The van der Waals surface area contributed by atoms with Gasteiger partial charge < -0.3 is 14.6 Å². The first kappa shape index (κ1) is 18.2. The maximum Gasteiger partial charge on any atom is 0.149 e. The van der Waals surface area contributed by atoms with Gasteiger partial charge in [-0.05, 0) is 54.7 Å². The lowest BCUT2D eigenvalue weighted by atomic mass is 9.81. The van der Waals surface area contributed by atoms with E-state index < -0.39 is 12.0 Å². The SMILES string of the molecule is CCc1ccc(Oc2ccccc2Cl)cc1C1C(=O)C2C3CCC(O3)C2C1O. The zero-order valence-corrected chi connectivity index (χ0v) is 16.4. The lowest BCUT2D eigenvalue weighted by Gasteiger charge is -2.24. The lowest BCUT2D eigenvalue weighted by Crippen LogP contribution is -2.31. The molecule has 0 amide bonds. The Hall–Kier alpha value is -1.88. The Morgan fingerprint density at radius 2 is 1.96 bits per heavy atom. The summed E-state index contributed by atoms with van der Waals surface area (Å²) in [5, 5.41) is 11.6. The van der Waals surface area contributed by atoms with Gasteiger partial charge in [0, 0.05) is 5.92 Å². The highest BCUT2D eigenvalue weighted by Crippen LogP contribution is 2.54. The van der Waals surface area contributed by atoms with Crippen LogP contribution in [0.25, 0.3) is 0 Å². The highest BCUT2D eigenvalue weighted by atomic mass is 35.5. The number of rotatable bonds is 4. The summed E-state index contributed by atoms with van der Waals surface area (Å²) >= 11 is 6.22. The highest BCUT2D eigenvalue weighted by Gasteiger charge is 2.62. The van der Waals surface area contributed by atoms with E-state index in [1.54, 1.807) is 6.07 Å². The first-order chi connectivity index (χ1) is 13.6. The van der Waals surface area contributed by atoms with Gasteiger partial charge in [-0.3, -0.25) is 4.79 Å². The van der Waals surface area contributed by atoms with E-state index in [9.17, 15) is 9.90 Å². The van der Waals surface area contributed by atoms with Gasteiger partial charge in [-0.2, -0.15) is 0 Å². The predicted octanol–water partition coefficient (Wildman–Crippen LogP) is 4.52. The average Bonchev–Trinajstić information content (AvgIpc) is 3.37. The molecular formula is C23H23ClO4. The van der Waals surface area contributed by atoms with Crippen molar-refractivity contribution in [1.29, 1.82) is 0 Å². The first-order valence-electron chi connectivity index (χ1n) is 10.0. The molecule has 6 unspecified atom stereocenters. The molecule has 6 atom stereocenters. The van der Waals surface area contributed by atoms with Crippen LogP contribution in [0.5, 0.6) is 11.5 Å². The number of hydrogen-bond donors (Lipinski definition) is 1. The second-order valence-corrected chi connectivity index (χ2v) is 8.42. The van der Waals surface area contributed by atoms with Crippen LogP contribution in [0.15, 0.2) is 42.5 Å². The molecule has 2 bridgehead atoms. The topological polar surface area (TPSA) is 55.8 Å². The van der Waals surface area contributed by atoms with Crippen LogP contribution in [0.1, 0.15) is 36.8 Å². The standard InChI is InChI=1S/C23H23ClO4/c1-2-12-7-8-13(27-16-6-4-3-5-15(16)24)11-14(12)19-22(25)20-17-9-10-18(28-17)21(20)23(19)26/h3-8,11,17-22,25H,2,9-10H2,1H3. The zero-order valence-electron chi connectivity index (χ0n) is 15.7. The monoisotopic (exact) mass is 398 g/mol. The maximum absolute atomic E-state index is 13.3. The molecule has 2 saturated heterocycles. The molecule has 1 N–H and O–H groups in total. The predicted molar refractivity (Wildman–Crippen MR) is 106 cm³/mol. The fraction of sp³-hybridized carbons (Fsp3) is 0.435. The van der Waals surface area contributed by atoms with Crippen LogP contribution < -0.4 is 4.74 Å². The minimum atomic E-state index is -0.700. The van der Waals surface area contributed by atoms with Gasteiger partial charge in [0.1, 0.15) is 17.3 Å². The number of carbonyl (C=O) groups is 1. The summed E-state index contributed by atoms with van der Waals surface area (Å²) in [6.45, 7) is 2.06. The number of ketones is 1. The molecule has 0 aromatic heterocycles. The van der Waals surface area contributed by atoms with Gasteiger partial charge in [0.25, 0.3) is 0 Å². The van der Waals surface area contributed by atoms with E-state index in [-0.39, 0.29) is 29.8 Å². The number of Topliss-reactive ketones (excluding diaryl/α,β-unsaturated/α-hetero) is 1. The molecule has 28 heavy (non-hydrogen) atoms. The van der Waals surface area contributed by atoms with Crippen LogP contribution >= 0.6 is 11.6 Å². The fourth-order valence-corrected chi connectivity index (χ4v) is 5.53. The van der Waals surface area contributed by atoms with Gasteiger partial charge in [-0.25, -0.2) is 0 Å². The number of fused-ring (bicyclic) bond motifs is 5. The number of aliphatic hydroxyl groups is 1. The maximum atomic E-state index is 13.3. The number of para-hydroxylation sites is 1. The second kappa shape index (κ2) is 6.87. The summed E-state index contributed by atoms with van der Waals surface area (Å²) in [5.74, 6) is 0.560. The van der Waals surface area contributed by atoms with E-state index in [0.29, 0.717) is 16.5 Å². The average molecular weight is 399 g/mol. The molecule has 2 heterocycles. The van der Waals surface area contributed by atoms with Crippen molar-refractivity contribution in [3.8, 4) is 11.5 Å². The molecule has 4 nitrogen and oxygen atoms in total. The minimum Gasteiger partial charge on any atom is -0.456 e. The van der Waals surface area contributed by atoms with E-state index in [2.05, 4.69) is 6.92 Å². The van der Waals surface area contributed by atoms with Crippen LogP contribution in [-0.4, -0.2) is 29.2 Å². The van der Waals surface area contributed by atoms with Crippen LogP contribution in [0.2, 0.25) is 5.02 Å². The smallest absolute Gasteiger partial charge is 0.149 e.